The lowest BCUT2D eigenvalue weighted by Gasteiger charge is -2.37. The van der Waals surface area contributed by atoms with E-state index in [2.05, 4.69) is 39.3 Å². The monoisotopic (exact) mass is 378 g/mol. The standard InChI is InChI=1S/C15H34O5Si3/c1-9-13-17-21(3,4)19-23(7,8)20-22(5,6)18-15-12-11-14-16-10-2/h9-10H,1-2,11-15H2,3-8H3. The van der Waals surface area contributed by atoms with Crippen LogP contribution < -0.4 is 0 Å². The van der Waals surface area contributed by atoms with E-state index in [0.717, 1.165) is 12.8 Å². The normalized spacial score (nSPS) is 13.0. The number of rotatable bonds is 14. The minimum atomic E-state index is -2.30. The number of unbranched alkanes of at least 4 members (excludes halogenated alkanes) is 1. The first-order valence-electron chi connectivity index (χ1n) is 8.05. The molecule has 0 aliphatic carbocycles. The Bertz CT molecular complexity index is 359. The van der Waals surface area contributed by atoms with Crippen LogP contribution in [0.2, 0.25) is 39.3 Å². The van der Waals surface area contributed by atoms with Gasteiger partial charge in [-0.25, -0.2) is 0 Å². The average molecular weight is 379 g/mol. The minimum Gasteiger partial charge on any atom is -0.502 e. The van der Waals surface area contributed by atoms with Gasteiger partial charge in [-0.1, -0.05) is 12.7 Å². The van der Waals surface area contributed by atoms with E-state index in [1.807, 2.05) is 13.1 Å². The summed E-state index contributed by atoms with van der Waals surface area (Å²) in [5.41, 5.74) is 0. The first kappa shape index (κ1) is 22.8. The smallest absolute Gasteiger partial charge is 0.323 e. The Balaban J connectivity index is 4.27. The molecule has 0 aliphatic rings. The zero-order valence-corrected chi connectivity index (χ0v) is 18.6. The molecule has 5 nitrogen and oxygen atoms in total. The molecule has 0 N–H and O–H groups in total. The molecule has 0 amide bonds. The summed E-state index contributed by atoms with van der Waals surface area (Å²) in [5.74, 6) is 0. The summed E-state index contributed by atoms with van der Waals surface area (Å²) in [6.07, 6.45) is 5.10. The van der Waals surface area contributed by atoms with Crippen molar-refractivity contribution in [1.29, 1.82) is 0 Å². The van der Waals surface area contributed by atoms with Crippen molar-refractivity contribution in [1.82, 2.24) is 0 Å². The van der Waals surface area contributed by atoms with Gasteiger partial charge < -0.3 is 21.8 Å². The van der Waals surface area contributed by atoms with Crippen molar-refractivity contribution in [3.8, 4) is 0 Å². The van der Waals surface area contributed by atoms with Gasteiger partial charge in [0.1, 0.15) is 0 Å². The quantitative estimate of drug-likeness (QED) is 0.195. The maximum atomic E-state index is 6.28. The summed E-state index contributed by atoms with van der Waals surface area (Å²) >= 11 is 0. The van der Waals surface area contributed by atoms with Crippen molar-refractivity contribution >= 4 is 25.7 Å². The fourth-order valence-electron chi connectivity index (χ4n) is 2.21. The Hall–Kier alpha value is -0.229. The van der Waals surface area contributed by atoms with Gasteiger partial charge in [0.15, 0.2) is 0 Å². The Kier molecular flexibility index (Phi) is 10.5. The molecule has 0 aliphatic heterocycles. The highest BCUT2D eigenvalue weighted by atomic mass is 28.5. The summed E-state index contributed by atoms with van der Waals surface area (Å²) in [4.78, 5) is 0. The summed E-state index contributed by atoms with van der Waals surface area (Å²) in [6.45, 7) is 21.3. The lowest BCUT2D eigenvalue weighted by Crippen LogP contribution is -2.54. The van der Waals surface area contributed by atoms with Crippen molar-refractivity contribution in [3.63, 3.8) is 0 Å². The average Bonchev–Trinajstić information content (AvgIpc) is 2.37. The molecule has 0 bridgehead atoms. The van der Waals surface area contributed by atoms with Gasteiger partial charge in [0.05, 0.1) is 19.5 Å². The second-order valence-corrected chi connectivity index (χ2v) is 17.2. The van der Waals surface area contributed by atoms with Crippen LogP contribution in [0.25, 0.3) is 0 Å². The van der Waals surface area contributed by atoms with Crippen LogP contribution in [0.15, 0.2) is 25.5 Å². The molecule has 0 aromatic heterocycles. The van der Waals surface area contributed by atoms with Crippen molar-refractivity contribution in [2.24, 2.45) is 0 Å². The highest BCUT2D eigenvalue weighted by molar-refractivity contribution is 6.84. The second-order valence-electron chi connectivity index (χ2n) is 6.60. The molecule has 23 heavy (non-hydrogen) atoms. The predicted octanol–water partition coefficient (Wildman–Crippen LogP) is 4.28. The molecule has 0 aromatic carbocycles. The van der Waals surface area contributed by atoms with Crippen LogP contribution in [0, 0.1) is 0 Å². The topological polar surface area (TPSA) is 46.2 Å². The maximum absolute atomic E-state index is 6.28. The highest BCUT2D eigenvalue weighted by Gasteiger charge is 2.41. The van der Waals surface area contributed by atoms with Crippen molar-refractivity contribution in [2.75, 3.05) is 19.8 Å². The summed E-state index contributed by atoms with van der Waals surface area (Å²) in [7, 11) is -6.73. The Labute approximate surface area is 145 Å². The molecular formula is C15H34O5Si3. The lowest BCUT2D eigenvalue weighted by molar-refractivity contribution is 0.195. The molecule has 0 saturated heterocycles. The predicted molar refractivity (Wildman–Crippen MR) is 102 cm³/mol. The van der Waals surface area contributed by atoms with Crippen LogP contribution in [-0.2, 0) is 21.8 Å². The molecule has 0 spiro atoms. The van der Waals surface area contributed by atoms with E-state index in [-0.39, 0.29) is 0 Å². The molecular weight excluding hydrogens is 344 g/mol. The first-order chi connectivity index (χ1) is 10.5. The van der Waals surface area contributed by atoms with Crippen molar-refractivity contribution in [3.05, 3.63) is 25.5 Å². The van der Waals surface area contributed by atoms with Crippen LogP contribution >= 0.6 is 0 Å². The van der Waals surface area contributed by atoms with Gasteiger partial charge in [0, 0.05) is 6.61 Å². The van der Waals surface area contributed by atoms with E-state index in [1.165, 1.54) is 6.26 Å². The Morgan fingerprint density at radius 3 is 1.78 bits per heavy atom. The molecule has 0 rings (SSSR count). The van der Waals surface area contributed by atoms with Crippen molar-refractivity contribution < 1.29 is 21.8 Å². The first-order valence-corrected chi connectivity index (χ1v) is 16.5. The third kappa shape index (κ3) is 12.8. The van der Waals surface area contributed by atoms with Gasteiger partial charge >= 0.3 is 25.7 Å². The van der Waals surface area contributed by atoms with Gasteiger partial charge in [-0.3, -0.25) is 0 Å². The molecule has 0 radical (unpaired) electrons. The van der Waals surface area contributed by atoms with E-state index < -0.39 is 25.7 Å². The van der Waals surface area contributed by atoms with Crippen LogP contribution in [0.1, 0.15) is 12.8 Å². The number of hydrogen-bond donors (Lipinski definition) is 0. The van der Waals surface area contributed by atoms with Crippen molar-refractivity contribution in [2.45, 2.75) is 52.1 Å². The van der Waals surface area contributed by atoms with Crippen LogP contribution in [0.4, 0.5) is 0 Å². The van der Waals surface area contributed by atoms with E-state index in [9.17, 15) is 0 Å². The molecule has 136 valence electrons. The molecule has 0 atom stereocenters. The third-order valence-corrected chi connectivity index (χ3v) is 12.4. The van der Waals surface area contributed by atoms with E-state index in [1.54, 1.807) is 6.08 Å². The van der Waals surface area contributed by atoms with E-state index in [4.69, 9.17) is 21.8 Å². The summed E-state index contributed by atoms with van der Waals surface area (Å²) in [6, 6.07) is 0. The Morgan fingerprint density at radius 2 is 1.26 bits per heavy atom. The third-order valence-electron chi connectivity index (χ3n) is 2.76. The molecule has 0 unspecified atom stereocenters. The van der Waals surface area contributed by atoms with Gasteiger partial charge in [-0.2, -0.15) is 0 Å². The van der Waals surface area contributed by atoms with Crippen LogP contribution in [0.3, 0.4) is 0 Å². The number of hydrogen-bond acceptors (Lipinski definition) is 5. The SMILES string of the molecule is C=CCO[Si](C)(C)O[Si](C)(C)O[Si](C)(C)OCCCCOC=C. The zero-order chi connectivity index (χ0) is 18.0. The Morgan fingerprint density at radius 1 is 0.739 bits per heavy atom. The molecule has 0 heterocycles. The highest BCUT2D eigenvalue weighted by Crippen LogP contribution is 2.22. The maximum Gasteiger partial charge on any atom is 0.323 e. The van der Waals surface area contributed by atoms with Gasteiger partial charge in [-0.05, 0) is 52.1 Å². The molecule has 8 heteroatoms. The van der Waals surface area contributed by atoms with Gasteiger partial charge in [-0.15, -0.1) is 6.58 Å². The largest absolute Gasteiger partial charge is 0.502 e. The fourth-order valence-corrected chi connectivity index (χ4v) is 13.9. The summed E-state index contributed by atoms with van der Waals surface area (Å²) < 4.78 is 29.4. The van der Waals surface area contributed by atoms with E-state index >= 15 is 0 Å². The minimum absolute atomic E-state index is 0.508. The molecule has 0 fully saturated rings. The fraction of sp³-hybridized carbons (Fsp3) is 0.733. The second kappa shape index (κ2) is 10.6. The molecule has 0 saturated carbocycles. The van der Waals surface area contributed by atoms with Gasteiger partial charge in [0.25, 0.3) is 0 Å². The zero-order valence-electron chi connectivity index (χ0n) is 15.6. The molecule has 0 aromatic rings. The summed E-state index contributed by atoms with van der Waals surface area (Å²) in [5, 5.41) is 0. The van der Waals surface area contributed by atoms with Crippen LogP contribution in [0.5, 0.6) is 0 Å². The van der Waals surface area contributed by atoms with E-state index in [0.29, 0.717) is 19.8 Å². The number of ether oxygens (including phenoxy) is 1. The lowest BCUT2D eigenvalue weighted by atomic mass is 10.3. The van der Waals surface area contributed by atoms with Gasteiger partial charge in [0.2, 0.25) is 0 Å². The van der Waals surface area contributed by atoms with Crippen LogP contribution in [-0.4, -0.2) is 45.5 Å².